The number of aryl methyl sites for hydroxylation is 2. The topological polar surface area (TPSA) is 24.9 Å². The van der Waals surface area contributed by atoms with Gasteiger partial charge in [0.2, 0.25) is 0 Å². The molecule has 2 saturated heterocycles. The van der Waals surface area contributed by atoms with E-state index in [-0.39, 0.29) is 0 Å². The SMILES string of the molecule is Cc1ccc2c(c1-c1c(C)ccc3c1OC[C@@H]1CCCN31)OCC1CCCN21. The molecular weight excluding hydrogens is 348 g/mol. The normalized spacial score (nSPS) is 24.8. The molecule has 0 radical (unpaired) electrons. The van der Waals surface area contributed by atoms with Crippen LogP contribution in [0, 0.1) is 13.8 Å². The van der Waals surface area contributed by atoms with Crippen LogP contribution in [0.25, 0.3) is 11.1 Å². The molecule has 4 heteroatoms. The largest absolute Gasteiger partial charge is 0.489 e. The minimum atomic E-state index is 0.537. The van der Waals surface area contributed by atoms with Crippen LogP contribution in [0.1, 0.15) is 36.8 Å². The second-order valence-electron chi connectivity index (χ2n) is 8.81. The monoisotopic (exact) mass is 376 g/mol. The third-order valence-electron chi connectivity index (χ3n) is 7.15. The van der Waals surface area contributed by atoms with Gasteiger partial charge in [0.1, 0.15) is 13.2 Å². The molecule has 2 aromatic carbocycles. The highest BCUT2D eigenvalue weighted by molar-refractivity contribution is 5.90. The first-order valence-corrected chi connectivity index (χ1v) is 10.8. The summed E-state index contributed by atoms with van der Waals surface area (Å²) in [6.45, 7) is 8.28. The van der Waals surface area contributed by atoms with E-state index in [0.717, 1.165) is 37.8 Å². The molecule has 2 aromatic rings. The summed E-state index contributed by atoms with van der Waals surface area (Å²) < 4.78 is 12.9. The van der Waals surface area contributed by atoms with E-state index in [4.69, 9.17) is 9.47 Å². The van der Waals surface area contributed by atoms with Crippen LogP contribution in [0.5, 0.6) is 11.5 Å². The van der Waals surface area contributed by atoms with Crippen molar-refractivity contribution in [2.75, 3.05) is 36.1 Å². The van der Waals surface area contributed by atoms with E-state index in [1.54, 1.807) is 0 Å². The Morgan fingerprint density at radius 2 is 1.18 bits per heavy atom. The van der Waals surface area contributed by atoms with Gasteiger partial charge >= 0.3 is 0 Å². The van der Waals surface area contributed by atoms with E-state index >= 15 is 0 Å². The van der Waals surface area contributed by atoms with Crippen molar-refractivity contribution in [2.45, 2.75) is 51.6 Å². The van der Waals surface area contributed by atoms with E-state index in [0.29, 0.717) is 12.1 Å². The highest BCUT2D eigenvalue weighted by Gasteiger charge is 2.37. The Labute approximate surface area is 167 Å². The van der Waals surface area contributed by atoms with Gasteiger partial charge in [-0.1, -0.05) is 12.1 Å². The molecule has 6 rings (SSSR count). The zero-order chi connectivity index (χ0) is 18.8. The highest BCUT2D eigenvalue weighted by atomic mass is 16.5. The van der Waals surface area contributed by atoms with Crippen molar-refractivity contribution >= 4 is 11.4 Å². The molecule has 0 aromatic heterocycles. The average molecular weight is 377 g/mol. The lowest BCUT2D eigenvalue weighted by atomic mass is 9.91. The van der Waals surface area contributed by atoms with Gasteiger partial charge < -0.3 is 19.3 Å². The molecule has 4 aliphatic heterocycles. The minimum absolute atomic E-state index is 0.537. The molecular formula is C24H28N2O2. The number of anilines is 2. The summed E-state index contributed by atoms with van der Waals surface area (Å²) >= 11 is 0. The maximum atomic E-state index is 6.43. The zero-order valence-corrected chi connectivity index (χ0v) is 16.8. The van der Waals surface area contributed by atoms with Crippen LogP contribution in [-0.2, 0) is 0 Å². The highest BCUT2D eigenvalue weighted by Crippen LogP contribution is 2.52. The van der Waals surface area contributed by atoms with Crippen LogP contribution in [-0.4, -0.2) is 38.4 Å². The summed E-state index contributed by atoms with van der Waals surface area (Å²) in [5, 5.41) is 0. The summed E-state index contributed by atoms with van der Waals surface area (Å²) in [6.07, 6.45) is 5.00. The molecule has 0 N–H and O–H groups in total. The Morgan fingerprint density at radius 1 is 0.714 bits per heavy atom. The Balaban J connectivity index is 1.56. The number of fused-ring (bicyclic) bond motifs is 6. The van der Waals surface area contributed by atoms with Crippen molar-refractivity contribution < 1.29 is 9.47 Å². The van der Waals surface area contributed by atoms with Gasteiger partial charge in [0, 0.05) is 24.2 Å². The van der Waals surface area contributed by atoms with Crippen molar-refractivity contribution in [3.8, 4) is 22.6 Å². The van der Waals surface area contributed by atoms with Crippen LogP contribution in [0.2, 0.25) is 0 Å². The maximum absolute atomic E-state index is 6.43. The lowest BCUT2D eigenvalue weighted by molar-refractivity contribution is 0.269. The first-order valence-electron chi connectivity index (χ1n) is 10.8. The molecule has 28 heavy (non-hydrogen) atoms. The predicted molar refractivity (Wildman–Crippen MR) is 113 cm³/mol. The predicted octanol–water partition coefficient (Wildman–Crippen LogP) is 4.69. The summed E-state index contributed by atoms with van der Waals surface area (Å²) in [5.74, 6) is 2.11. The number of benzene rings is 2. The van der Waals surface area contributed by atoms with Gasteiger partial charge in [0.05, 0.1) is 23.5 Å². The molecule has 4 nitrogen and oxygen atoms in total. The zero-order valence-electron chi connectivity index (χ0n) is 16.8. The molecule has 2 atom stereocenters. The van der Waals surface area contributed by atoms with E-state index in [9.17, 15) is 0 Å². The molecule has 4 aliphatic rings. The van der Waals surface area contributed by atoms with E-state index in [2.05, 4.69) is 47.9 Å². The van der Waals surface area contributed by atoms with Crippen molar-refractivity contribution in [1.29, 1.82) is 0 Å². The smallest absolute Gasteiger partial charge is 0.150 e. The standard InChI is InChI=1S/C24H28N2O2/c1-15-7-9-19-23(27-13-17-5-3-11-25(17)19)21(15)22-16(2)8-10-20-24(22)28-14-18-6-4-12-26(18)20/h7-10,17-18H,3-6,11-14H2,1-2H3/t17-,18?/m0/s1. The molecule has 4 heterocycles. The summed E-state index contributed by atoms with van der Waals surface area (Å²) in [5.41, 5.74) is 7.52. The van der Waals surface area contributed by atoms with Gasteiger partial charge in [0.25, 0.3) is 0 Å². The summed E-state index contributed by atoms with van der Waals surface area (Å²) in [6, 6.07) is 10.1. The average Bonchev–Trinajstić information content (AvgIpc) is 3.37. The molecule has 0 aliphatic carbocycles. The van der Waals surface area contributed by atoms with Crippen molar-refractivity contribution in [2.24, 2.45) is 0 Å². The first-order chi connectivity index (χ1) is 13.7. The van der Waals surface area contributed by atoms with Gasteiger partial charge in [-0.25, -0.2) is 0 Å². The van der Waals surface area contributed by atoms with Crippen LogP contribution in [0.15, 0.2) is 24.3 Å². The molecule has 146 valence electrons. The number of ether oxygens (including phenoxy) is 2. The summed E-state index contributed by atoms with van der Waals surface area (Å²) in [7, 11) is 0. The van der Waals surface area contributed by atoms with Gasteiger partial charge in [-0.2, -0.15) is 0 Å². The molecule has 0 spiro atoms. The second-order valence-corrected chi connectivity index (χ2v) is 8.81. The van der Waals surface area contributed by atoms with E-state index < -0.39 is 0 Å². The lowest BCUT2D eigenvalue weighted by Crippen LogP contribution is -2.39. The van der Waals surface area contributed by atoms with Crippen LogP contribution in [0.3, 0.4) is 0 Å². The molecule has 2 fully saturated rings. The Bertz CT molecular complexity index is 877. The first kappa shape index (κ1) is 16.6. The number of hydrogen-bond acceptors (Lipinski definition) is 4. The number of rotatable bonds is 1. The van der Waals surface area contributed by atoms with Crippen molar-refractivity contribution in [3.63, 3.8) is 0 Å². The molecule has 0 bridgehead atoms. The van der Waals surface area contributed by atoms with Gasteiger partial charge in [-0.15, -0.1) is 0 Å². The van der Waals surface area contributed by atoms with Gasteiger partial charge in [-0.3, -0.25) is 0 Å². The van der Waals surface area contributed by atoms with Crippen molar-refractivity contribution in [3.05, 3.63) is 35.4 Å². The van der Waals surface area contributed by atoms with Crippen LogP contribution >= 0.6 is 0 Å². The van der Waals surface area contributed by atoms with Crippen molar-refractivity contribution in [1.82, 2.24) is 0 Å². The summed E-state index contributed by atoms with van der Waals surface area (Å²) in [4.78, 5) is 5.12. The third-order valence-corrected chi connectivity index (χ3v) is 7.15. The Morgan fingerprint density at radius 3 is 1.64 bits per heavy atom. The second kappa shape index (κ2) is 6.07. The minimum Gasteiger partial charge on any atom is -0.489 e. The fourth-order valence-corrected chi connectivity index (χ4v) is 5.72. The number of hydrogen-bond donors (Lipinski definition) is 0. The quantitative estimate of drug-likeness (QED) is 0.721. The molecule has 0 saturated carbocycles. The van der Waals surface area contributed by atoms with E-state index in [1.165, 1.54) is 59.3 Å². The fraction of sp³-hybridized carbons (Fsp3) is 0.500. The number of nitrogens with zero attached hydrogens (tertiary/aromatic N) is 2. The van der Waals surface area contributed by atoms with Gasteiger partial charge in [0.15, 0.2) is 11.5 Å². The fourth-order valence-electron chi connectivity index (χ4n) is 5.72. The Kier molecular flexibility index (Phi) is 3.59. The Hall–Kier alpha value is -2.36. The van der Waals surface area contributed by atoms with Crippen LogP contribution < -0.4 is 19.3 Å². The molecule has 0 amide bonds. The lowest BCUT2D eigenvalue weighted by Gasteiger charge is -2.37. The van der Waals surface area contributed by atoms with Gasteiger partial charge in [-0.05, 0) is 62.8 Å². The molecule has 1 unspecified atom stereocenters. The van der Waals surface area contributed by atoms with E-state index in [1.807, 2.05) is 0 Å². The maximum Gasteiger partial charge on any atom is 0.150 e. The third kappa shape index (κ3) is 2.23. The van der Waals surface area contributed by atoms with Crippen LogP contribution in [0.4, 0.5) is 11.4 Å².